The number of ether oxygens (including phenoxy) is 1. The topological polar surface area (TPSA) is 88.7 Å². The quantitative estimate of drug-likeness (QED) is 0.654. The van der Waals surface area contributed by atoms with Gasteiger partial charge in [-0.25, -0.2) is 4.98 Å². The van der Waals surface area contributed by atoms with Crippen LogP contribution in [0.4, 0.5) is 5.82 Å². The lowest BCUT2D eigenvalue weighted by atomic mass is 10.1. The third kappa shape index (κ3) is 4.86. The maximum atomic E-state index is 10.9. The molecule has 0 saturated heterocycles. The Morgan fingerprint density at radius 2 is 1.79 bits per heavy atom. The maximum absolute atomic E-state index is 10.9. The summed E-state index contributed by atoms with van der Waals surface area (Å²) in [5.41, 5.74) is 8.42. The number of aromatic nitrogens is 1. The first-order valence-corrected chi connectivity index (χ1v) is 8.91. The van der Waals surface area contributed by atoms with Crippen molar-refractivity contribution in [2.45, 2.75) is 12.5 Å². The van der Waals surface area contributed by atoms with Crippen molar-refractivity contribution in [2.24, 2.45) is 5.73 Å². The van der Waals surface area contributed by atoms with Crippen molar-refractivity contribution in [3.63, 3.8) is 0 Å². The molecule has 0 aliphatic carbocycles. The van der Waals surface area contributed by atoms with Gasteiger partial charge in [0.1, 0.15) is 23.4 Å². The molecule has 2 aromatic carbocycles. The number of hydrogen-bond donors (Lipinski definition) is 2. The number of aliphatic carboxylic acids is 1. The Balaban J connectivity index is 1.77. The predicted molar refractivity (Wildman–Crippen MR) is 110 cm³/mol. The van der Waals surface area contributed by atoms with E-state index in [-0.39, 0.29) is 6.42 Å². The van der Waals surface area contributed by atoms with Crippen LogP contribution in [-0.4, -0.2) is 36.2 Å². The van der Waals surface area contributed by atoms with E-state index in [9.17, 15) is 4.79 Å². The number of hydrogen-bond acceptors (Lipinski definition) is 5. The van der Waals surface area contributed by atoms with Crippen molar-refractivity contribution >= 4 is 11.8 Å². The summed E-state index contributed by atoms with van der Waals surface area (Å²) in [4.78, 5) is 17.3. The summed E-state index contributed by atoms with van der Waals surface area (Å²) in [6, 6.07) is 18.1. The second-order valence-electron chi connectivity index (χ2n) is 6.73. The molecule has 3 rings (SSSR count). The standard InChI is InChI=1S/C22H23N3O3/c1-25(2)21-10-9-17(14-24-21)16-6-4-8-19(13-16)28-18-7-3-5-15(11-18)12-20(23)22(26)27/h3-11,13-14,20H,12,23H2,1-2H3,(H,26,27). The molecule has 0 bridgehead atoms. The molecule has 0 spiro atoms. The third-order valence-corrected chi connectivity index (χ3v) is 4.28. The minimum atomic E-state index is -1.02. The smallest absolute Gasteiger partial charge is 0.320 e. The summed E-state index contributed by atoms with van der Waals surface area (Å²) in [5.74, 6) is 1.20. The van der Waals surface area contributed by atoms with Gasteiger partial charge in [0.25, 0.3) is 0 Å². The zero-order valence-electron chi connectivity index (χ0n) is 15.9. The van der Waals surface area contributed by atoms with E-state index in [1.165, 1.54) is 0 Å². The van der Waals surface area contributed by atoms with E-state index in [1.807, 2.05) is 85.9 Å². The van der Waals surface area contributed by atoms with Crippen LogP contribution in [-0.2, 0) is 11.2 Å². The monoisotopic (exact) mass is 377 g/mol. The van der Waals surface area contributed by atoms with Crippen molar-refractivity contribution in [2.75, 3.05) is 19.0 Å². The van der Waals surface area contributed by atoms with Crippen LogP contribution in [0.25, 0.3) is 11.1 Å². The summed E-state index contributed by atoms with van der Waals surface area (Å²) in [6.45, 7) is 0. The van der Waals surface area contributed by atoms with Gasteiger partial charge in [-0.3, -0.25) is 4.79 Å². The average molecular weight is 377 g/mol. The SMILES string of the molecule is CN(C)c1ccc(-c2cccc(Oc3cccc(CC(N)C(=O)O)c3)c2)cn1. The minimum Gasteiger partial charge on any atom is -0.480 e. The van der Waals surface area contributed by atoms with Crippen LogP contribution in [0, 0.1) is 0 Å². The van der Waals surface area contributed by atoms with Gasteiger partial charge in [0, 0.05) is 25.9 Å². The van der Waals surface area contributed by atoms with Crippen molar-refractivity contribution in [3.05, 3.63) is 72.4 Å². The number of pyridine rings is 1. The Bertz CT molecular complexity index is 955. The van der Waals surface area contributed by atoms with Crippen LogP contribution < -0.4 is 15.4 Å². The summed E-state index contributed by atoms with van der Waals surface area (Å²) >= 11 is 0. The van der Waals surface area contributed by atoms with Crippen molar-refractivity contribution in [3.8, 4) is 22.6 Å². The van der Waals surface area contributed by atoms with E-state index < -0.39 is 12.0 Å². The number of benzene rings is 2. The first-order valence-electron chi connectivity index (χ1n) is 8.91. The van der Waals surface area contributed by atoms with Gasteiger partial charge < -0.3 is 20.5 Å². The lowest BCUT2D eigenvalue weighted by Gasteiger charge is -2.12. The fourth-order valence-corrected chi connectivity index (χ4v) is 2.77. The molecule has 3 aromatic rings. The number of carboxylic acid groups (broad SMARTS) is 1. The van der Waals surface area contributed by atoms with Crippen molar-refractivity contribution < 1.29 is 14.6 Å². The van der Waals surface area contributed by atoms with Crippen LogP contribution in [0.3, 0.4) is 0 Å². The number of rotatable bonds is 7. The Morgan fingerprint density at radius 1 is 1.07 bits per heavy atom. The number of anilines is 1. The van der Waals surface area contributed by atoms with E-state index in [0.29, 0.717) is 11.5 Å². The molecule has 1 heterocycles. The van der Waals surface area contributed by atoms with Crippen LogP contribution in [0.1, 0.15) is 5.56 Å². The molecular weight excluding hydrogens is 354 g/mol. The third-order valence-electron chi connectivity index (χ3n) is 4.28. The molecule has 1 aromatic heterocycles. The van der Waals surface area contributed by atoms with Crippen LogP contribution in [0.2, 0.25) is 0 Å². The normalized spacial score (nSPS) is 11.7. The molecule has 0 radical (unpaired) electrons. The molecular formula is C22H23N3O3. The molecule has 3 N–H and O–H groups in total. The molecule has 0 aliphatic heterocycles. The van der Waals surface area contributed by atoms with Gasteiger partial charge in [-0.05, 0) is 53.9 Å². The van der Waals surface area contributed by atoms with Gasteiger partial charge in [-0.2, -0.15) is 0 Å². The summed E-state index contributed by atoms with van der Waals surface area (Å²) in [6.07, 6.45) is 2.08. The molecule has 0 aliphatic rings. The van der Waals surface area contributed by atoms with Crippen LogP contribution in [0.15, 0.2) is 66.9 Å². The summed E-state index contributed by atoms with van der Waals surface area (Å²) in [7, 11) is 3.90. The van der Waals surface area contributed by atoms with Gasteiger partial charge in [0.15, 0.2) is 0 Å². The van der Waals surface area contributed by atoms with E-state index >= 15 is 0 Å². The number of carboxylic acids is 1. The molecule has 1 atom stereocenters. The fraction of sp³-hybridized carbons (Fsp3) is 0.182. The van der Waals surface area contributed by atoms with E-state index in [4.69, 9.17) is 15.6 Å². The molecule has 6 heteroatoms. The van der Waals surface area contributed by atoms with Crippen molar-refractivity contribution in [1.82, 2.24) is 4.98 Å². The van der Waals surface area contributed by atoms with Gasteiger partial charge in [0.2, 0.25) is 0 Å². The molecule has 0 amide bonds. The van der Waals surface area contributed by atoms with Gasteiger partial charge in [-0.1, -0.05) is 24.3 Å². The van der Waals surface area contributed by atoms with E-state index in [0.717, 1.165) is 22.5 Å². The molecule has 144 valence electrons. The van der Waals surface area contributed by atoms with E-state index in [1.54, 1.807) is 0 Å². The zero-order chi connectivity index (χ0) is 20.1. The van der Waals surface area contributed by atoms with Gasteiger partial charge in [-0.15, -0.1) is 0 Å². The molecule has 0 fully saturated rings. The van der Waals surface area contributed by atoms with Crippen LogP contribution in [0.5, 0.6) is 11.5 Å². The minimum absolute atomic E-state index is 0.246. The highest BCUT2D eigenvalue weighted by Crippen LogP contribution is 2.28. The second kappa shape index (κ2) is 8.54. The highest BCUT2D eigenvalue weighted by atomic mass is 16.5. The Kier molecular flexibility index (Phi) is 5.91. The zero-order valence-corrected chi connectivity index (χ0v) is 15.9. The highest BCUT2D eigenvalue weighted by molar-refractivity contribution is 5.73. The second-order valence-corrected chi connectivity index (χ2v) is 6.73. The first kappa shape index (κ1) is 19.4. The largest absolute Gasteiger partial charge is 0.480 e. The molecule has 28 heavy (non-hydrogen) atoms. The first-order chi connectivity index (χ1) is 13.4. The Labute approximate surface area is 164 Å². The van der Waals surface area contributed by atoms with Gasteiger partial charge >= 0.3 is 5.97 Å². The van der Waals surface area contributed by atoms with E-state index in [2.05, 4.69) is 4.98 Å². The molecule has 1 unspecified atom stereocenters. The lowest BCUT2D eigenvalue weighted by Crippen LogP contribution is -2.32. The predicted octanol–water partition coefficient (Wildman–Crippen LogP) is 3.56. The fourth-order valence-electron chi connectivity index (χ4n) is 2.77. The Hall–Kier alpha value is -3.38. The number of carbonyl (C=O) groups is 1. The lowest BCUT2D eigenvalue weighted by molar-refractivity contribution is -0.138. The Morgan fingerprint density at radius 3 is 2.43 bits per heavy atom. The van der Waals surface area contributed by atoms with Crippen LogP contribution >= 0.6 is 0 Å². The number of nitrogens with zero attached hydrogens (tertiary/aromatic N) is 2. The summed E-state index contributed by atoms with van der Waals surface area (Å²) < 4.78 is 5.97. The number of nitrogens with two attached hydrogens (primary N) is 1. The average Bonchev–Trinajstić information content (AvgIpc) is 2.68. The molecule has 6 nitrogen and oxygen atoms in total. The maximum Gasteiger partial charge on any atom is 0.320 e. The van der Waals surface area contributed by atoms with Gasteiger partial charge in [0.05, 0.1) is 0 Å². The summed E-state index contributed by atoms with van der Waals surface area (Å²) in [5, 5.41) is 8.97. The molecule has 0 saturated carbocycles. The highest BCUT2D eigenvalue weighted by Gasteiger charge is 2.12. The van der Waals surface area contributed by atoms with Crippen molar-refractivity contribution in [1.29, 1.82) is 0 Å².